The zero-order chi connectivity index (χ0) is 14.0. The topological polar surface area (TPSA) is 119 Å². The van der Waals surface area contributed by atoms with Gasteiger partial charge in [-0.1, -0.05) is 0 Å². The molecular weight excluding hydrogens is 270 g/mol. The van der Waals surface area contributed by atoms with Crippen LogP contribution >= 0.6 is 0 Å². The van der Waals surface area contributed by atoms with E-state index in [0.717, 1.165) is 12.8 Å². The molecule has 0 unspecified atom stereocenters. The molecule has 106 valence electrons. The molecule has 19 heavy (non-hydrogen) atoms. The van der Waals surface area contributed by atoms with Crippen molar-refractivity contribution >= 4 is 21.7 Å². The van der Waals surface area contributed by atoms with Gasteiger partial charge in [0.15, 0.2) is 5.82 Å². The molecule has 1 aliphatic rings. The highest BCUT2D eigenvalue weighted by molar-refractivity contribution is 7.89. The Morgan fingerprint density at radius 1 is 1.58 bits per heavy atom. The first-order valence-electron chi connectivity index (χ1n) is 5.96. The van der Waals surface area contributed by atoms with Crippen LogP contribution < -0.4 is 15.8 Å². The summed E-state index contributed by atoms with van der Waals surface area (Å²) in [5.41, 5.74) is 5.50. The molecule has 0 aliphatic heterocycles. The average Bonchev–Trinajstić information content (AvgIpc) is 3.02. The van der Waals surface area contributed by atoms with Crippen LogP contribution in [0.1, 0.15) is 19.3 Å². The van der Waals surface area contributed by atoms with E-state index in [2.05, 4.69) is 15.1 Å². The number of sulfonamides is 1. The zero-order valence-electron chi connectivity index (χ0n) is 10.6. The molecule has 1 saturated carbocycles. The number of aromatic nitrogens is 2. The number of nitrogens with one attached hydrogen (secondary N) is 2. The molecule has 2 rings (SSSR count). The quantitative estimate of drug-likeness (QED) is 0.617. The predicted molar refractivity (Wildman–Crippen MR) is 68.6 cm³/mol. The van der Waals surface area contributed by atoms with Gasteiger partial charge < -0.3 is 11.1 Å². The van der Waals surface area contributed by atoms with Gasteiger partial charge in [0.1, 0.15) is 4.90 Å². The van der Waals surface area contributed by atoms with E-state index in [1.54, 1.807) is 7.05 Å². The van der Waals surface area contributed by atoms with Gasteiger partial charge in [-0.05, 0) is 12.8 Å². The summed E-state index contributed by atoms with van der Waals surface area (Å²) < 4.78 is 27.5. The van der Waals surface area contributed by atoms with E-state index in [1.165, 1.54) is 10.9 Å². The second kappa shape index (κ2) is 5.17. The second-order valence-electron chi connectivity index (χ2n) is 4.54. The monoisotopic (exact) mass is 287 g/mol. The van der Waals surface area contributed by atoms with E-state index in [4.69, 9.17) is 5.73 Å². The first-order chi connectivity index (χ1) is 8.88. The number of nitrogens with zero attached hydrogens (tertiary/aromatic N) is 2. The largest absolute Gasteiger partial charge is 0.381 e. The minimum atomic E-state index is -3.72. The Hall–Kier alpha value is -1.61. The van der Waals surface area contributed by atoms with Crippen LogP contribution in [-0.2, 0) is 21.9 Å². The first kappa shape index (κ1) is 13.8. The fourth-order valence-electron chi connectivity index (χ4n) is 1.60. The van der Waals surface area contributed by atoms with Crippen LogP contribution in [0, 0.1) is 0 Å². The molecule has 0 radical (unpaired) electrons. The number of carbonyl (C=O) groups excluding carboxylic acids is 1. The Bertz CT molecular complexity index is 576. The van der Waals surface area contributed by atoms with Gasteiger partial charge in [-0.3, -0.25) is 9.48 Å². The van der Waals surface area contributed by atoms with Crippen molar-refractivity contribution in [2.45, 2.75) is 30.2 Å². The Balaban J connectivity index is 1.87. The van der Waals surface area contributed by atoms with Gasteiger partial charge >= 0.3 is 0 Å². The van der Waals surface area contributed by atoms with Crippen molar-refractivity contribution in [2.75, 3.05) is 12.3 Å². The summed E-state index contributed by atoms with van der Waals surface area (Å²) in [5, 5.41) is 6.54. The van der Waals surface area contributed by atoms with Crippen molar-refractivity contribution in [3.8, 4) is 0 Å². The van der Waals surface area contributed by atoms with Crippen molar-refractivity contribution < 1.29 is 13.2 Å². The summed E-state index contributed by atoms with van der Waals surface area (Å²) in [4.78, 5) is 11.3. The summed E-state index contributed by atoms with van der Waals surface area (Å²) in [7, 11) is -2.14. The summed E-state index contributed by atoms with van der Waals surface area (Å²) in [6, 6.07) is 0.276. The van der Waals surface area contributed by atoms with Gasteiger partial charge in [-0.25, -0.2) is 13.1 Å². The van der Waals surface area contributed by atoms with Crippen LogP contribution in [0.2, 0.25) is 0 Å². The standard InChI is InChI=1S/C10H17N5O3S/c1-15-6-8(10(11)14-15)19(17,18)12-5-4-9(16)13-7-2-3-7/h6-7,12H,2-5H2,1H3,(H2,11,14)(H,13,16). The lowest BCUT2D eigenvalue weighted by Gasteiger charge is -2.05. The number of nitrogens with two attached hydrogens (primary N) is 1. The van der Waals surface area contributed by atoms with Gasteiger partial charge in [0.05, 0.1) is 0 Å². The van der Waals surface area contributed by atoms with Gasteiger partial charge in [0, 0.05) is 32.3 Å². The lowest BCUT2D eigenvalue weighted by Crippen LogP contribution is -2.31. The maximum atomic E-state index is 11.9. The Morgan fingerprint density at radius 2 is 2.26 bits per heavy atom. The van der Waals surface area contributed by atoms with E-state index in [1.807, 2.05) is 0 Å². The van der Waals surface area contributed by atoms with Crippen LogP contribution in [0.25, 0.3) is 0 Å². The maximum Gasteiger partial charge on any atom is 0.245 e. The highest BCUT2D eigenvalue weighted by atomic mass is 32.2. The number of rotatable bonds is 6. The molecule has 0 bridgehead atoms. The van der Waals surface area contributed by atoms with Gasteiger partial charge in [-0.15, -0.1) is 0 Å². The molecule has 1 heterocycles. The maximum absolute atomic E-state index is 11.9. The third-order valence-corrected chi connectivity index (χ3v) is 4.18. The molecule has 9 heteroatoms. The number of aryl methyl sites for hydroxylation is 1. The summed E-state index contributed by atoms with van der Waals surface area (Å²) in [6.45, 7) is 0.0369. The molecule has 1 aromatic rings. The fraction of sp³-hybridized carbons (Fsp3) is 0.600. The fourth-order valence-corrected chi connectivity index (χ4v) is 2.73. The summed E-state index contributed by atoms with van der Waals surface area (Å²) >= 11 is 0. The van der Waals surface area contributed by atoms with E-state index in [9.17, 15) is 13.2 Å². The molecule has 1 aromatic heterocycles. The lowest BCUT2D eigenvalue weighted by molar-refractivity contribution is -0.121. The van der Waals surface area contributed by atoms with Gasteiger partial charge in [-0.2, -0.15) is 5.10 Å². The minimum Gasteiger partial charge on any atom is -0.381 e. The van der Waals surface area contributed by atoms with Crippen molar-refractivity contribution in [3.05, 3.63) is 6.20 Å². The van der Waals surface area contributed by atoms with Gasteiger partial charge in [0.25, 0.3) is 0 Å². The average molecular weight is 287 g/mol. The first-order valence-corrected chi connectivity index (χ1v) is 7.45. The van der Waals surface area contributed by atoms with E-state index in [-0.39, 0.29) is 35.6 Å². The highest BCUT2D eigenvalue weighted by Gasteiger charge is 2.24. The van der Waals surface area contributed by atoms with Crippen LogP contribution in [0.15, 0.2) is 11.1 Å². The normalized spacial score (nSPS) is 15.4. The third-order valence-electron chi connectivity index (χ3n) is 2.70. The molecular formula is C10H17N5O3S. The van der Waals surface area contributed by atoms with E-state index >= 15 is 0 Å². The Morgan fingerprint density at radius 3 is 2.79 bits per heavy atom. The number of nitrogen functional groups attached to an aromatic ring is 1. The SMILES string of the molecule is Cn1cc(S(=O)(=O)NCCC(=O)NC2CC2)c(N)n1. The predicted octanol–water partition coefficient (Wildman–Crippen LogP) is -1.05. The molecule has 4 N–H and O–H groups in total. The third kappa shape index (κ3) is 3.67. The number of anilines is 1. The van der Waals surface area contributed by atoms with E-state index in [0.29, 0.717) is 0 Å². The van der Waals surface area contributed by atoms with Crippen molar-refractivity contribution in [1.82, 2.24) is 19.8 Å². The number of hydrogen-bond donors (Lipinski definition) is 3. The smallest absolute Gasteiger partial charge is 0.245 e. The van der Waals surface area contributed by atoms with Crippen LogP contribution in [0.5, 0.6) is 0 Å². The van der Waals surface area contributed by atoms with Crippen LogP contribution in [0.4, 0.5) is 5.82 Å². The van der Waals surface area contributed by atoms with Crippen LogP contribution in [-0.4, -0.2) is 36.7 Å². The zero-order valence-corrected chi connectivity index (χ0v) is 11.4. The Labute approximate surface area is 111 Å². The molecule has 1 aliphatic carbocycles. The Kier molecular flexibility index (Phi) is 3.76. The summed E-state index contributed by atoms with van der Waals surface area (Å²) in [6.07, 6.45) is 3.44. The minimum absolute atomic E-state index is 0.0369. The summed E-state index contributed by atoms with van der Waals surface area (Å²) in [5.74, 6) is -0.207. The van der Waals surface area contributed by atoms with Crippen molar-refractivity contribution in [2.24, 2.45) is 7.05 Å². The molecule has 1 fully saturated rings. The number of hydrogen-bond acceptors (Lipinski definition) is 5. The molecule has 0 saturated heterocycles. The second-order valence-corrected chi connectivity index (χ2v) is 6.28. The van der Waals surface area contributed by atoms with Crippen LogP contribution in [0.3, 0.4) is 0 Å². The van der Waals surface area contributed by atoms with Crippen molar-refractivity contribution in [3.63, 3.8) is 0 Å². The molecule has 0 aromatic carbocycles. The van der Waals surface area contributed by atoms with Crippen molar-refractivity contribution in [1.29, 1.82) is 0 Å². The van der Waals surface area contributed by atoms with E-state index < -0.39 is 10.0 Å². The lowest BCUT2D eigenvalue weighted by atomic mass is 10.4. The molecule has 0 atom stereocenters. The number of amides is 1. The molecule has 0 spiro atoms. The highest BCUT2D eigenvalue weighted by Crippen LogP contribution is 2.18. The number of carbonyl (C=O) groups is 1. The van der Waals surface area contributed by atoms with Gasteiger partial charge in [0.2, 0.25) is 15.9 Å². The molecule has 8 nitrogen and oxygen atoms in total. The molecule has 1 amide bonds.